The quantitative estimate of drug-likeness (QED) is 0.273. The topological polar surface area (TPSA) is 171 Å². The molecule has 18 heteroatoms. The van der Waals surface area contributed by atoms with Crippen LogP contribution in [-0.2, 0) is 22.3 Å². The fourth-order valence-corrected chi connectivity index (χ4v) is 2.82. The van der Waals surface area contributed by atoms with Crippen molar-refractivity contribution >= 4 is 118 Å². The molecule has 0 amide bonds. The Kier molecular flexibility index (Phi) is 29.2. The number of rotatable bonds is 4. The van der Waals surface area contributed by atoms with Gasteiger partial charge in [-0.2, -0.15) is 8.62 Å². The molecule has 0 aliphatic carbocycles. The van der Waals surface area contributed by atoms with Gasteiger partial charge in [-0.3, -0.25) is 0 Å². The Labute approximate surface area is 163 Å². The Bertz CT molecular complexity index is 287. The standard InChI is InChI=1S/5Li.H5O10P3/c;;;;;1-11(2,3)9-13(7,8)10-12(4,5)6/h;;;;;(H,7,8)(H2,1,2,3)(H2,4,5,6). The largest absolute Gasteiger partial charge is 0.490 e. The van der Waals surface area contributed by atoms with Gasteiger partial charge in [-0.05, 0) is 0 Å². The van der Waals surface area contributed by atoms with Crippen LogP contribution in [0.15, 0.2) is 0 Å². The van der Waals surface area contributed by atoms with E-state index in [1.54, 1.807) is 0 Å². The van der Waals surface area contributed by atoms with Gasteiger partial charge >= 0.3 is 23.5 Å². The van der Waals surface area contributed by atoms with Gasteiger partial charge < -0.3 is 24.5 Å². The molecule has 10 nitrogen and oxygen atoms in total. The van der Waals surface area contributed by atoms with E-state index in [0.29, 0.717) is 0 Å². The van der Waals surface area contributed by atoms with Crippen LogP contribution < -0.4 is 0 Å². The van der Waals surface area contributed by atoms with Crippen LogP contribution in [0.4, 0.5) is 0 Å². The van der Waals surface area contributed by atoms with Gasteiger partial charge in [0.05, 0.1) is 0 Å². The van der Waals surface area contributed by atoms with Crippen LogP contribution in [0.5, 0.6) is 0 Å². The maximum atomic E-state index is 10.4. The van der Waals surface area contributed by atoms with Gasteiger partial charge in [0.2, 0.25) is 0 Å². The van der Waals surface area contributed by atoms with E-state index in [1.807, 2.05) is 0 Å². The minimum absolute atomic E-state index is 0. The van der Waals surface area contributed by atoms with Crippen molar-refractivity contribution in [3.63, 3.8) is 0 Å². The van der Waals surface area contributed by atoms with E-state index in [-0.39, 0.29) is 94.3 Å². The fourth-order valence-electron chi connectivity index (χ4n) is 0.284. The SMILES string of the molecule is O=P(O)(O)OP(=O)(O)OP(=O)(O)O.[Li].[Li].[Li].[Li].[Li]. The van der Waals surface area contributed by atoms with Crippen LogP contribution in [0.2, 0.25) is 0 Å². The normalized spacial score (nSPS) is 10.5. The molecule has 0 atom stereocenters. The summed E-state index contributed by atoms with van der Waals surface area (Å²) in [4.78, 5) is 40.2. The summed E-state index contributed by atoms with van der Waals surface area (Å²) in [5, 5.41) is 0. The Morgan fingerprint density at radius 2 is 0.722 bits per heavy atom. The predicted octanol–water partition coefficient (Wildman–Crippen LogP) is -2.60. The van der Waals surface area contributed by atoms with Crippen molar-refractivity contribution in [2.75, 3.05) is 0 Å². The third-order valence-corrected chi connectivity index (χ3v) is 3.77. The second kappa shape index (κ2) is 14.0. The van der Waals surface area contributed by atoms with Gasteiger partial charge in [-0.1, -0.05) is 0 Å². The zero-order chi connectivity index (χ0) is 10.9. The second-order valence-corrected chi connectivity index (χ2v) is 5.82. The zero-order valence-corrected chi connectivity index (χ0v) is 13.3. The zero-order valence-electron chi connectivity index (χ0n) is 10.6. The van der Waals surface area contributed by atoms with Gasteiger partial charge in [-0.25, -0.2) is 13.7 Å². The average molecular weight is 293 g/mol. The molecule has 0 heterocycles. The molecule has 0 aliphatic rings. The Morgan fingerprint density at radius 1 is 0.556 bits per heavy atom. The summed E-state index contributed by atoms with van der Waals surface area (Å²) >= 11 is 0. The maximum Gasteiger partial charge on any atom is 0.490 e. The predicted molar refractivity (Wildman–Crippen MR) is 64.9 cm³/mol. The number of phosphoric acid groups is 3. The molecule has 0 aromatic rings. The van der Waals surface area contributed by atoms with E-state index in [1.165, 1.54) is 0 Å². The van der Waals surface area contributed by atoms with Crippen molar-refractivity contribution in [2.45, 2.75) is 0 Å². The second-order valence-electron chi connectivity index (χ2n) is 1.61. The molecule has 5 radical (unpaired) electrons. The van der Waals surface area contributed by atoms with Gasteiger partial charge in [0.15, 0.2) is 0 Å². The molecule has 0 spiro atoms. The molecular weight excluding hydrogens is 288 g/mol. The molecule has 0 rings (SSSR count). The maximum absolute atomic E-state index is 10.4. The van der Waals surface area contributed by atoms with Crippen LogP contribution >= 0.6 is 23.5 Å². The van der Waals surface area contributed by atoms with E-state index < -0.39 is 23.5 Å². The monoisotopic (exact) mass is 293 g/mol. The average Bonchev–Trinajstić information content (AvgIpc) is 1.43. The summed E-state index contributed by atoms with van der Waals surface area (Å²) < 4.78 is 36.4. The Hall–Kier alpha value is 3.40. The van der Waals surface area contributed by atoms with E-state index in [0.717, 1.165) is 0 Å². The van der Waals surface area contributed by atoms with Crippen molar-refractivity contribution in [1.29, 1.82) is 0 Å². The molecule has 85 valence electrons. The number of hydrogen-bond acceptors (Lipinski definition) is 5. The molecule has 0 fully saturated rings. The minimum atomic E-state index is -5.46. The molecule has 5 N–H and O–H groups in total. The first-order valence-electron chi connectivity index (χ1n) is 2.28. The van der Waals surface area contributed by atoms with Crippen molar-refractivity contribution in [2.24, 2.45) is 0 Å². The van der Waals surface area contributed by atoms with Crippen LogP contribution in [0.25, 0.3) is 0 Å². The Morgan fingerprint density at radius 3 is 0.833 bits per heavy atom. The molecule has 0 aromatic carbocycles. The molecule has 0 saturated heterocycles. The van der Waals surface area contributed by atoms with Crippen LogP contribution in [-0.4, -0.2) is 119 Å². The molecule has 0 saturated carbocycles. The summed E-state index contributed by atoms with van der Waals surface area (Å²) in [6, 6.07) is 0. The number of hydrogen-bond donors (Lipinski definition) is 5. The summed E-state index contributed by atoms with van der Waals surface area (Å²) in [5.74, 6) is 0. The Balaban J connectivity index is -0.0000000720. The summed E-state index contributed by atoms with van der Waals surface area (Å²) in [7, 11) is -16.2. The summed E-state index contributed by atoms with van der Waals surface area (Å²) in [5.41, 5.74) is 0. The van der Waals surface area contributed by atoms with Crippen molar-refractivity contribution < 1.29 is 46.8 Å². The molecule has 0 bridgehead atoms. The molecular formula is H5Li5O10P3. The molecule has 0 unspecified atom stereocenters. The third kappa shape index (κ3) is 27.7. The van der Waals surface area contributed by atoms with Crippen LogP contribution in [0.1, 0.15) is 0 Å². The van der Waals surface area contributed by atoms with E-state index in [4.69, 9.17) is 24.5 Å². The van der Waals surface area contributed by atoms with Crippen molar-refractivity contribution in [3.8, 4) is 0 Å². The first-order valence-corrected chi connectivity index (χ1v) is 6.83. The summed E-state index contributed by atoms with van der Waals surface area (Å²) in [6.07, 6.45) is 0. The first kappa shape index (κ1) is 37.6. The smallest absolute Gasteiger partial charge is 0.302 e. The van der Waals surface area contributed by atoms with E-state index in [9.17, 15) is 13.7 Å². The molecule has 18 heavy (non-hydrogen) atoms. The van der Waals surface area contributed by atoms with Crippen molar-refractivity contribution in [1.82, 2.24) is 0 Å². The third-order valence-electron chi connectivity index (χ3n) is 0.419. The first-order chi connectivity index (χ1) is 5.41. The van der Waals surface area contributed by atoms with Crippen molar-refractivity contribution in [3.05, 3.63) is 0 Å². The van der Waals surface area contributed by atoms with Gasteiger partial charge in [0.25, 0.3) is 0 Å². The van der Waals surface area contributed by atoms with Gasteiger partial charge in [0.1, 0.15) is 0 Å². The summed E-state index contributed by atoms with van der Waals surface area (Å²) in [6.45, 7) is 0. The minimum Gasteiger partial charge on any atom is -0.302 e. The van der Waals surface area contributed by atoms with Crippen LogP contribution in [0, 0.1) is 0 Å². The van der Waals surface area contributed by atoms with Gasteiger partial charge in [0, 0.05) is 94.3 Å². The van der Waals surface area contributed by atoms with Crippen LogP contribution in [0.3, 0.4) is 0 Å². The van der Waals surface area contributed by atoms with E-state index in [2.05, 4.69) is 8.62 Å². The van der Waals surface area contributed by atoms with Gasteiger partial charge in [-0.15, -0.1) is 0 Å². The fraction of sp³-hybridized carbons (Fsp3) is 0. The molecule has 0 aliphatic heterocycles. The van der Waals surface area contributed by atoms with E-state index >= 15 is 0 Å². The molecule has 0 aromatic heterocycles.